The van der Waals surface area contributed by atoms with Crippen LogP contribution in [0.3, 0.4) is 0 Å². The molecule has 0 spiro atoms. The topological polar surface area (TPSA) is 55.9 Å². The Bertz CT molecular complexity index is 413. The second-order valence-corrected chi connectivity index (χ2v) is 7.59. The molecular weight excluding hydrogens is 304 g/mol. The van der Waals surface area contributed by atoms with Crippen molar-refractivity contribution < 1.29 is 9.59 Å². The normalized spacial score (nSPS) is 21.8. The standard InChI is InChI=1S/C18H34N4O2/c1-15(2)16(3)19-17(23)13-20-9-11-21(12-10-20)14-18(24)22-7-5-4-6-8-22/h15-16H,4-14H2,1-3H3,(H,19,23). The summed E-state index contributed by atoms with van der Waals surface area (Å²) >= 11 is 0. The van der Waals surface area contributed by atoms with Crippen LogP contribution in [0.4, 0.5) is 0 Å². The Morgan fingerprint density at radius 2 is 1.38 bits per heavy atom. The molecule has 1 atom stereocenters. The van der Waals surface area contributed by atoms with Crippen molar-refractivity contribution in [1.29, 1.82) is 0 Å². The Kier molecular flexibility index (Phi) is 7.49. The van der Waals surface area contributed by atoms with Crippen LogP contribution in [0.1, 0.15) is 40.0 Å². The molecule has 6 heteroatoms. The molecule has 138 valence electrons. The molecule has 0 aromatic carbocycles. The highest BCUT2D eigenvalue weighted by Crippen LogP contribution is 2.10. The van der Waals surface area contributed by atoms with E-state index in [1.54, 1.807) is 0 Å². The summed E-state index contributed by atoms with van der Waals surface area (Å²) in [6, 6.07) is 0.209. The van der Waals surface area contributed by atoms with Gasteiger partial charge in [0, 0.05) is 45.3 Å². The molecule has 1 unspecified atom stereocenters. The van der Waals surface area contributed by atoms with Crippen molar-refractivity contribution in [2.45, 2.75) is 46.1 Å². The van der Waals surface area contributed by atoms with Gasteiger partial charge in [-0.15, -0.1) is 0 Å². The average Bonchev–Trinajstić information content (AvgIpc) is 2.57. The SMILES string of the molecule is CC(C)C(C)NC(=O)CN1CCN(CC(=O)N2CCCCC2)CC1. The monoisotopic (exact) mass is 338 g/mol. The molecule has 0 radical (unpaired) electrons. The van der Waals surface area contributed by atoms with Crippen molar-refractivity contribution in [2.75, 3.05) is 52.4 Å². The molecule has 0 aliphatic carbocycles. The molecule has 1 N–H and O–H groups in total. The molecular formula is C18H34N4O2. The Morgan fingerprint density at radius 1 is 0.833 bits per heavy atom. The van der Waals surface area contributed by atoms with E-state index in [9.17, 15) is 9.59 Å². The molecule has 2 aliphatic heterocycles. The van der Waals surface area contributed by atoms with E-state index in [4.69, 9.17) is 0 Å². The van der Waals surface area contributed by atoms with Crippen molar-refractivity contribution >= 4 is 11.8 Å². The van der Waals surface area contributed by atoms with Crippen molar-refractivity contribution in [3.8, 4) is 0 Å². The van der Waals surface area contributed by atoms with E-state index in [1.165, 1.54) is 6.42 Å². The summed E-state index contributed by atoms with van der Waals surface area (Å²) in [6.45, 7) is 12.6. The Labute approximate surface area is 146 Å². The van der Waals surface area contributed by atoms with Gasteiger partial charge in [-0.05, 0) is 32.1 Å². The number of nitrogens with one attached hydrogen (secondary N) is 1. The minimum absolute atomic E-state index is 0.106. The van der Waals surface area contributed by atoms with Gasteiger partial charge in [0.2, 0.25) is 11.8 Å². The first-order valence-electron chi connectivity index (χ1n) is 9.47. The number of piperazine rings is 1. The molecule has 2 rings (SSSR count). The quantitative estimate of drug-likeness (QED) is 0.777. The van der Waals surface area contributed by atoms with Crippen LogP contribution >= 0.6 is 0 Å². The number of hydrogen-bond acceptors (Lipinski definition) is 4. The van der Waals surface area contributed by atoms with Crippen LogP contribution in [0.2, 0.25) is 0 Å². The fraction of sp³-hybridized carbons (Fsp3) is 0.889. The minimum atomic E-state index is 0.106. The molecule has 0 aromatic heterocycles. The van der Waals surface area contributed by atoms with Gasteiger partial charge in [0.25, 0.3) is 0 Å². The number of piperidine rings is 1. The first-order chi connectivity index (χ1) is 11.5. The number of nitrogens with zero attached hydrogens (tertiary/aromatic N) is 3. The molecule has 2 saturated heterocycles. The van der Waals surface area contributed by atoms with Gasteiger partial charge < -0.3 is 10.2 Å². The first-order valence-corrected chi connectivity index (χ1v) is 9.47. The molecule has 0 bridgehead atoms. The summed E-state index contributed by atoms with van der Waals surface area (Å²) in [6.07, 6.45) is 3.53. The number of hydrogen-bond donors (Lipinski definition) is 1. The summed E-state index contributed by atoms with van der Waals surface area (Å²) in [4.78, 5) is 30.8. The van der Waals surface area contributed by atoms with Gasteiger partial charge in [0.05, 0.1) is 13.1 Å². The van der Waals surface area contributed by atoms with Gasteiger partial charge in [-0.25, -0.2) is 0 Å². The lowest BCUT2D eigenvalue weighted by Crippen LogP contribution is -2.53. The van der Waals surface area contributed by atoms with Crippen LogP contribution < -0.4 is 5.32 Å². The van der Waals surface area contributed by atoms with E-state index in [-0.39, 0.29) is 17.9 Å². The van der Waals surface area contributed by atoms with E-state index in [0.29, 0.717) is 19.0 Å². The van der Waals surface area contributed by atoms with Crippen LogP contribution in [0, 0.1) is 5.92 Å². The summed E-state index contributed by atoms with van der Waals surface area (Å²) < 4.78 is 0. The highest BCUT2D eigenvalue weighted by Gasteiger charge is 2.24. The number of carbonyl (C=O) groups excluding carboxylic acids is 2. The maximum absolute atomic E-state index is 12.3. The Morgan fingerprint density at radius 3 is 1.92 bits per heavy atom. The van der Waals surface area contributed by atoms with Gasteiger partial charge in [-0.1, -0.05) is 13.8 Å². The Balaban J connectivity index is 1.65. The molecule has 6 nitrogen and oxygen atoms in total. The van der Waals surface area contributed by atoms with Gasteiger partial charge in [-0.2, -0.15) is 0 Å². The van der Waals surface area contributed by atoms with Crippen LogP contribution in [-0.2, 0) is 9.59 Å². The van der Waals surface area contributed by atoms with Crippen LogP contribution in [-0.4, -0.2) is 84.9 Å². The number of rotatable bonds is 6. The highest BCUT2D eigenvalue weighted by atomic mass is 16.2. The van der Waals surface area contributed by atoms with E-state index in [2.05, 4.69) is 29.0 Å². The maximum Gasteiger partial charge on any atom is 0.236 e. The third-order valence-corrected chi connectivity index (χ3v) is 5.29. The fourth-order valence-electron chi connectivity index (χ4n) is 3.21. The van der Waals surface area contributed by atoms with Crippen LogP contribution in [0.25, 0.3) is 0 Å². The minimum Gasteiger partial charge on any atom is -0.352 e. The fourth-order valence-corrected chi connectivity index (χ4v) is 3.21. The van der Waals surface area contributed by atoms with Gasteiger partial charge in [0.15, 0.2) is 0 Å². The van der Waals surface area contributed by atoms with Crippen LogP contribution in [0.15, 0.2) is 0 Å². The lowest BCUT2D eigenvalue weighted by molar-refractivity contribution is -0.134. The molecule has 24 heavy (non-hydrogen) atoms. The van der Waals surface area contributed by atoms with Gasteiger partial charge in [0.1, 0.15) is 0 Å². The smallest absolute Gasteiger partial charge is 0.236 e. The van der Waals surface area contributed by atoms with Crippen molar-refractivity contribution in [3.63, 3.8) is 0 Å². The lowest BCUT2D eigenvalue weighted by atomic mass is 10.1. The molecule has 0 aromatic rings. The predicted molar refractivity (Wildman–Crippen MR) is 95.8 cm³/mol. The molecule has 2 fully saturated rings. The summed E-state index contributed by atoms with van der Waals surface area (Å²) in [5.41, 5.74) is 0. The number of amides is 2. The predicted octanol–water partition coefficient (Wildman–Crippen LogP) is 0.777. The highest BCUT2D eigenvalue weighted by molar-refractivity contribution is 5.79. The zero-order valence-electron chi connectivity index (χ0n) is 15.6. The largest absolute Gasteiger partial charge is 0.352 e. The Hall–Kier alpha value is -1.14. The summed E-state index contributed by atoms with van der Waals surface area (Å²) in [7, 11) is 0. The van der Waals surface area contributed by atoms with Gasteiger partial charge >= 0.3 is 0 Å². The first kappa shape index (κ1) is 19.2. The van der Waals surface area contributed by atoms with E-state index in [0.717, 1.165) is 52.1 Å². The van der Waals surface area contributed by atoms with E-state index >= 15 is 0 Å². The molecule has 0 saturated carbocycles. The third kappa shape index (κ3) is 6.06. The molecule has 2 aliphatic rings. The van der Waals surface area contributed by atoms with Crippen LogP contribution in [0.5, 0.6) is 0 Å². The zero-order valence-corrected chi connectivity index (χ0v) is 15.6. The van der Waals surface area contributed by atoms with Crippen molar-refractivity contribution in [2.24, 2.45) is 5.92 Å². The average molecular weight is 338 g/mol. The van der Waals surface area contributed by atoms with Crippen molar-refractivity contribution in [1.82, 2.24) is 20.0 Å². The molecule has 2 heterocycles. The second-order valence-electron chi connectivity index (χ2n) is 7.59. The van der Waals surface area contributed by atoms with E-state index < -0.39 is 0 Å². The second kappa shape index (κ2) is 9.37. The lowest BCUT2D eigenvalue weighted by Gasteiger charge is -2.36. The third-order valence-electron chi connectivity index (χ3n) is 5.29. The van der Waals surface area contributed by atoms with Crippen molar-refractivity contribution in [3.05, 3.63) is 0 Å². The maximum atomic E-state index is 12.3. The van der Waals surface area contributed by atoms with Gasteiger partial charge in [-0.3, -0.25) is 19.4 Å². The summed E-state index contributed by atoms with van der Waals surface area (Å²) in [5.74, 6) is 0.826. The molecule has 2 amide bonds. The number of likely N-dealkylation sites (tertiary alicyclic amines) is 1. The number of carbonyl (C=O) groups is 2. The van der Waals surface area contributed by atoms with E-state index in [1.807, 2.05) is 11.8 Å². The zero-order chi connectivity index (χ0) is 17.5. The summed E-state index contributed by atoms with van der Waals surface area (Å²) in [5, 5.41) is 3.06.